The van der Waals surface area contributed by atoms with Gasteiger partial charge in [0.1, 0.15) is 5.82 Å². The topological polar surface area (TPSA) is 72.3 Å². The Morgan fingerprint density at radius 2 is 1.05 bits per heavy atom. The van der Waals surface area contributed by atoms with Gasteiger partial charge in [0.05, 0.1) is 39.4 Å². The smallest absolute Gasteiger partial charge is 0.163 e. The van der Waals surface area contributed by atoms with E-state index in [1.807, 2.05) is 24.3 Å². The van der Waals surface area contributed by atoms with Crippen molar-refractivity contribution in [2.75, 3.05) is 0 Å². The fourth-order valence-electron chi connectivity index (χ4n) is 13.5. The van der Waals surface area contributed by atoms with Gasteiger partial charge in [-0.15, -0.1) is 0 Å². The zero-order valence-electron chi connectivity index (χ0n) is 42.7. The molecule has 0 saturated carbocycles. The van der Waals surface area contributed by atoms with Crippen LogP contribution < -0.4 is 0 Å². The number of fused-ring (bicyclic) bond motifs is 14. The van der Waals surface area contributed by atoms with Gasteiger partial charge < -0.3 is 9.13 Å². The second kappa shape index (κ2) is 16.3. The Labute approximate surface area is 441 Å². The molecule has 0 bridgehead atoms. The van der Waals surface area contributed by atoms with Crippen molar-refractivity contribution >= 4 is 43.6 Å². The molecule has 0 N–H and O–H groups in total. The van der Waals surface area contributed by atoms with E-state index in [1.54, 1.807) is 0 Å². The molecule has 3 aliphatic rings. The Hall–Kier alpha value is -9.44. The summed E-state index contributed by atoms with van der Waals surface area (Å²) in [4.78, 5) is 15.7. The Balaban J connectivity index is 1.01. The lowest BCUT2D eigenvalue weighted by atomic mass is 9.80. The highest BCUT2D eigenvalue weighted by atomic mass is 15.0. The Morgan fingerprint density at radius 3 is 1.68 bits per heavy atom. The van der Waals surface area contributed by atoms with Gasteiger partial charge in [-0.2, -0.15) is 5.26 Å². The van der Waals surface area contributed by atoms with Gasteiger partial charge >= 0.3 is 0 Å². The highest BCUT2D eigenvalue weighted by Crippen LogP contribution is 2.55. The van der Waals surface area contributed by atoms with Gasteiger partial charge in [-0.1, -0.05) is 179 Å². The van der Waals surface area contributed by atoms with E-state index in [1.165, 1.54) is 66.1 Å². The molecule has 9 aromatic carbocycles. The van der Waals surface area contributed by atoms with E-state index in [4.69, 9.17) is 15.0 Å². The van der Waals surface area contributed by atoms with Gasteiger partial charge in [0.15, 0.2) is 11.6 Å². The first-order valence-corrected chi connectivity index (χ1v) is 26.4. The minimum absolute atomic E-state index is 0.00302. The van der Waals surface area contributed by atoms with Crippen LogP contribution in [0.5, 0.6) is 0 Å². The molecule has 0 spiro atoms. The zero-order valence-corrected chi connectivity index (χ0v) is 42.7. The zero-order chi connectivity index (χ0) is 51.0. The van der Waals surface area contributed by atoms with E-state index in [9.17, 15) is 5.26 Å². The van der Waals surface area contributed by atoms with E-state index in [0.29, 0.717) is 17.2 Å². The number of allylic oxidation sites excluding steroid dienone is 4. The molecule has 15 rings (SSSR count). The van der Waals surface area contributed by atoms with Crippen molar-refractivity contribution in [1.82, 2.24) is 24.1 Å². The predicted molar refractivity (Wildman–Crippen MR) is 310 cm³/mol. The molecule has 1 atom stereocenters. The van der Waals surface area contributed by atoms with Crippen LogP contribution >= 0.6 is 0 Å². The number of hydrogen-bond donors (Lipinski definition) is 0. The Bertz CT molecular complexity index is 4570. The van der Waals surface area contributed by atoms with Crippen molar-refractivity contribution in [3.63, 3.8) is 0 Å². The second-order valence-electron chi connectivity index (χ2n) is 21.7. The van der Waals surface area contributed by atoms with E-state index in [2.05, 4.69) is 231 Å². The third-order valence-electron chi connectivity index (χ3n) is 16.9. The van der Waals surface area contributed by atoms with Gasteiger partial charge in [0.25, 0.3) is 0 Å². The number of benzene rings is 9. The number of aromatic nitrogens is 5. The standard InChI is InChI=1S/C70H50N6/c1-69(2)55-27-15-11-23-47(55)49-34-37-60-62(64(49)69)51-25-13-17-29-57(51)75(60)46-33-31-45(41-71)53(40-46)54-39-44(68-73-66(42-19-7-5-8-20-42)72-67(74-68)43-21-9-6-10-22-43)32-36-59(54)76-58-30-18-14-26-52(58)63-61(76)38-35-50-48-24-12-16-28-56(48)70(3,4)65(50)63/h5-21,23-40,43H,22H2,1-4H3. The fourth-order valence-corrected chi connectivity index (χ4v) is 13.5. The van der Waals surface area contributed by atoms with Crippen molar-refractivity contribution in [2.24, 2.45) is 0 Å². The summed E-state index contributed by atoms with van der Waals surface area (Å²) in [7, 11) is 0. The van der Waals surface area contributed by atoms with Crippen molar-refractivity contribution in [3.8, 4) is 73.6 Å². The summed E-state index contributed by atoms with van der Waals surface area (Å²) in [6, 6.07) is 70.3. The number of rotatable bonds is 6. The predicted octanol–water partition coefficient (Wildman–Crippen LogP) is 17.2. The molecule has 360 valence electrons. The fraction of sp³-hybridized carbons (Fsp3) is 0.114. The molecule has 0 radical (unpaired) electrons. The summed E-state index contributed by atoms with van der Waals surface area (Å²) >= 11 is 0. The highest BCUT2D eigenvalue weighted by molar-refractivity contribution is 6.16. The van der Waals surface area contributed by atoms with Crippen molar-refractivity contribution in [1.29, 1.82) is 5.26 Å². The van der Waals surface area contributed by atoms with Gasteiger partial charge in [0, 0.05) is 66.2 Å². The lowest BCUT2D eigenvalue weighted by Gasteiger charge is -2.23. The number of nitriles is 1. The van der Waals surface area contributed by atoms with Gasteiger partial charge in [0.2, 0.25) is 0 Å². The first-order valence-electron chi connectivity index (χ1n) is 26.4. The van der Waals surface area contributed by atoms with Crippen LogP contribution in [-0.4, -0.2) is 24.1 Å². The summed E-state index contributed by atoms with van der Waals surface area (Å²) in [5.74, 6) is 1.92. The number of nitrogens with zero attached hydrogens (tertiary/aromatic N) is 6. The van der Waals surface area contributed by atoms with Crippen LogP contribution in [0.2, 0.25) is 0 Å². The maximum absolute atomic E-state index is 11.3. The van der Waals surface area contributed by atoms with Crippen LogP contribution in [0.25, 0.3) is 111 Å². The molecule has 6 heteroatoms. The molecule has 6 nitrogen and oxygen atoms in total. The Kier molecular flexibility index (Phi) is 9.44. The third kappa shape index (κ3) is 6.23. The highest BCUT2D eigenvalue weighted by Gasteiger charge is 2.40. The minimum atomic E-state index is -0.244. The average molecular weight is 975 g/mol. The molecular weight excluding hydrogens is 925 g/mol. The van der Waals surface area contributed by atoms with Crippen molar-refractivity contribution in [2.45, 2.75) is 50.9 Å². The van der Waals surface area contributed by atoms with E-state index < -0.39 is 0 Å². The molecule has 0 fully saturated rings. The lowest BCUT2D eigenvalue weighted by Crippen LogP contribution is -2.15. The van der Waals surface area contributed by atoms with Crippen LogP contribution in [0, 0.1) is 11.3 Å². The third-order valence-corrected chi connectivity index (χ3v) is 16.9. The van der Waals surface area contributed by atoms with Crippen LogP contribution in [0.3, 0.4) is 0 Å². The van der Waals surface area contributed by atoms with E-state index >= 15 is 0 Å². The molecule has 3 aliphatic carbocycles. The minimum Gasteiger partial charge on any atom is -0.309 e. The number of para-hydroxylation sites is 2. The monoisotopic (exact) mass is 974 g/mol. The molecule has 0 amide bonds. The normalized spacial score (nSPS) is 15.5. The van der Waals surface area contributed by atoms with Gasteiger partial charge in [-0.05, 0) is 112 Å². The van der Waals surface area contributed by atoms with Crippen LogP contribution in [0.1, 0.15) is 73.7 Å². The van der Waals surface area contributed by atoms with Crippen LogP contribution in [0.15, 0.2) is 212 Å². The van der Waals surface area contributed by atoms with Crippen LogP contribution in [0.4, 0.5) is 0 Å². The molecule has 3 aromatic heterocycles. The van der Waals surface area contributed by atoms with Crippen LogP contribution in [-0.2, 0) is 10.8 Å². The molecule has 76 heavy (non-hydrogen) atoms. The number of hydrogen-bond acceptors (Lipinski definition) is 4. The molecule has 1 unspecified atom stereocenters. The first-order chi connectivity index (χ1) is 37.2. The lowest BCUT2D eigenvalue weighted by molar-refractivity contribution is 0.666. The SMILES string of the molecule is CC1(C)c2ccccc2-c2ccc3c(c21)c1ccccc1n3-c1ccc(C#N)c(-c2cc(-c3nc(-c4ccccc4)nc(C4C=CC=CC4)n3)ccc2-n2c3ccccc3c3c4c(ccc32)-c2ccccc2C4(C)C)c1. The van der Waals surface area contributed by atoms with Gasteiger partial charge in [-0.25, -0.2) is 15.0 Å². The second-order valence-corrected chi connectivity index (χ2v) is 21.7. The average Bonchev–Trinajstić information content (AvgIpc) is 4.32. The molecule has 0 saturated heterocycles. The molecular formula is C70H50N6. The van der Waals surface area contributed by atoms with Crippen molar-refractivity contribution in [3.05, 3.63) is 246 Å². The largest absolute Gasteiger partial charge is 0.309 e. The quantitative estimate of drug-likeness (QED) is 0.166. The molecule has 12 aromatic rings. The first kappa shape index (κ1) is 44.1. The van der Waals surface area contributed by atoms with E-state index in [0.717, 1.165) is 67.9 Å². The van der Waals surface area contributed by atoms with E-state index in [-0.39, 0.29) is 16.7 Å². The summed E-state index contributed by atoms with van der Waals surface area (Å²) in [6.45, 7) is 9.45. The van der Waals surface area contributed by atoms with Gasteiger partial charge in [-0.3, -0.25) is 0 Å². The molecule has 3 heterocycles. The van der Waals surface area contributed by atoms with Crippen molar-refractivity contribution < 1.29 is 0 Å². The summed E-state index contributed by atoms with van der Waals surface area (Å²) in [5.41, 5.74) is 20.4. The maximum atomic E-state index is 11.3. The summed E-state index contributed by atoms with van der Waals surface area (Å²) < 4.78 is 4.83. The Morgan fingerprint density at radius 1 is 0.474 bits per heavy atom. The maximum Gasteiger partial charge on any atom is 0.163 e. The molecule has 0 aliphatic heterocycles. The summed E-state index contributed by atoms with van der Waals surface area (Å²) in [5, 5.41) is 16.2. The summed E-state index contributed by atoms with van der Waals surface area (Å²) in [6.07, 6.45) is 9.30.